The Bertz CT molecular complexity index is 744. The molecule has 0 bridgehead atoms. The smallest absolute Gasteiger partial charge is 0.237 e. The highest BCUT2D eigenvalue weighted by Crippen LogP contribution is 2.22. The van der Waals surface area contributed by atoms with Crippen molar-refractivity contribution in [1.29, 1.82) is 0 Å². The second-order valence-electron chi connectivity index (χ2n) is 5.05. The summed E-state index contributed by atoms with van der Waals surface area (Å²) in [5.74, 6) is -0.0461. The topological polar surface area (TPSA) is 66.7 Å². The minimum absolute atomic E-state index is 0.0461. The lowest BCUT2D eigenvalue weighted by Gasteiger charge is -2.11. The maximum absolute atomic E-state index is 12.2. The summed E-state index contributed by atoms with van der Waals surface area (Å²) in [6, 6.07) is 15.1. The number of thioether (sulfide) groups is 1. The van der Waals surface area contributed by atoms with Crippen molar-refractivity contribution in [3.05, 3.63) is 60.4 Å². The predicted molar refractivity (Wildman–Crippen MR) is 95.0 cm³/mol. The fourth-order valence-corrected chi connectivity index (χ4v) is 2.98. The van der Waals surface area contributed by atoms with Crippen LogP contribution in [0.5, 0.6) is 0 Å². The van der Waals surface area contributed by atoms with Crippen molar-refractivity contribution in [2.45, 2.75) is 18.6 Å². The van der Waals surface area contributed by atoms with E-state index in [9.17, 15) is 4.79 Å². The van der Waals surface area contributed by atoms with Gasteiger partial charge < -0.3 is 5.32 Å². The number of amides is 1. The summed E-state index contributed by atoms with van der Waals surface area (Å²) in [6.07, 6.45) is 2.35. The number of carbonyl (C=O) groups is 1. The molecule has 0 aliphatic carbocycles. The largest absolute Gasteiger partial charge is 0.325 e. The fourth-order valence-electron chi connectivity index (χ4n) is 2.09. The van der Waals surface area contributed by atoms with Crippen molar-refractivity contribution in [1.82, 2.24) is 4.98 Å². The average molecular weight is 324 g/mol. The van der Waals surface area contributed by atoms with Gasteiger partial charge in [0.25, 0.3) is 0 Å². The summed E-state index contributed by atoms with van der Waals surface area (Å²) in [5.41, 5.74) is 2.46. The maximum atomic E-state index is 12.2. The molecule has 1 aliphatic heterocycles. The third-order valence-corrected chi connectivity index (χ3v) is 4.35. The quantitative estimate of drug-likeness (QED) is 0.938. The number of hydrogen-bond donors (Lipinski definition) is 1. The molecule has 0 spiro atoms. The van der Waals surface area contributed by atoms with Crippen LogP contribution in [0.1, 0.15) is 19.0 Å². The first-order valence-corrected chi connectivity index (χ1v) is 8.18. The minimum atomic E-state index is -0.243. The molecule has 23 heavy (non-hydrogen) atoms. The summed E-state index contributed by atoms with van der Waals surface area (Å²) in [7, 11) is 0. The molecule has 1 aliphatic rings. The molecule has 2 aromatic rings. The van der Waals surface area contributed by atoms with Crippen molar-refractivity contribution >= 4 is 34.1 Å². The molecular weight excluding hydrogens is 308 g/mol. The van der Waals surface area contributed by atoms with Gasteiger partial charge in [-0.25, -0.2) is 0 Å². The number of anilines is 1. The van der Waals surface area contributed by atoms with Gasteiger partial charge in [-0.3, -0.25) is 9.78 Å². The van der Waals surface area contributed by atoms with Gasteiger partial charge in [0.2, 0.25) is 5.91 Å². The number of hydrogen-bond acceptors (Lipinski definition) is 5. The van der Waals surface area contributed by atoms with Crippen LogP contribution >= 0.6 is 11.8 Å². The van der Waals surface area contributed by atoms with E-state index in [1.165, 1.54) is 11.8 Å². The van der Waals surface area contributed by atoms with Gasteiger partial charge in [-0.05, 0) is 31.2 Å². The average Bonchev–Trinajstić information content (AvgIpc) is 3.05. The summed E-state index contributed by atoms with van der Waals surface area (Å²) >= 11 is 1.43. The van der Waals surface area contributed by atoms with Crippen LogP contribution in [0, 0.1) is 0 Å². The van der Waals surface area contributed by atoms with E-state index in [1.54, 1.807) is 6.20 Å². The van der Waals surface area contributed by atoms with E-state index < -0.39 is 0 Å². The third-order valence-electron chi connectivity index (χ3n) is 3.28. The Hall–Kier alpha value is -2.47. The van der Waals surface area contributed by atoms with Crippen molar-refractivity contribution < 1.29 is 4.79 Å². The second-order valence-corrected chi connectivity index (χ2v) is 6.46. The van der Waals surface area contributed by atoms with Crippen LogP contribution in [-0.2, 0) is 4.79 Å². The minimum Gasteiger partial charge on any atom is -0.325 e. The van der Waals surface area contributed by atoms with Gasteiger partial charge >= 0.3 is 0 Å². The van der Waals surface area contributed by atoms with E-state index in [-0.39, 0.29) is 11.2 Å². The number of benzene rings is 1. The number of aromatic nitrogens is 1. The first kappa shape index (κ1) is 15.4. The monoisotopic (exact) mass is 324 g/mol. The molecule has 2 heterocycles. The van der Waals surface area contributed by atoms with E-state index in [0.29, 0.717) is 6.42 Å². The Labute approximate surface area is 138 Å². The maximum Gasteiger partial charge on any atom is 0.237 e. The molecule has 0 saturated heterocycles. The van der Waals surface area contributed by atoms with Crippen LogP contribution in [0.15, 0.2) is 64.9 Å². The zero-order valence-electron chi connectivity index (χ0n) is 12.6. The number of rotatable bonds is 4. The lowest BCUT2D eigenvalue weighted by molar-refractivity contribution is -0.115. The Morgan fingerprint density at radius 1 is 1.13 bits per heavy atom. The number of carbonyl (C=O) groups excluding carboxylic acids is 1. The second kappa shape index (κ2) is 7.19. The molecule has 1 aromatic carbocycles. The summed E-state index contributed by atoms with van der Waals surface area (Å²) in [6.45, 7) is 1.87. The van der Waals surface area contributed by atoms with E-state index in [2.05, 4.69) is 20.5 Å². The Balaban J connectivity index is 1.53. The Kier molecular flexibility index (Phi) is 4.83. The van der Waals surface area contributed by atoms with Gasteiger partial charge in [0.1, 0.15) is 5.04 Å². The Morgan fingerprint density at radius 3 is 2.65 bits per heavy atom. The van der Waals surface area contributed by atoms with Crippen molar-refractivity contribution in [3.63, 3.8) is 0 Å². The molecule has 1 aromatic heterocycles. The molecule has 116 valence electrons. The summed E-state index contributed by atoms with van der Waals surface area (Å²) in [5, 5.41) is 11.8. The molecular formula is C17H16N4OS. The number of nitrogens with zero attached hydrogens (tertiary/aromatic N) is 3. The van der Waals surface area contributed by atoms with Crippen LogP contribution in [0.3, 0.4) is 0 Å². The van der Waals surface area contributed by atoms with E-state index >= 15 is 0 Å². The Morgan fingerprint density at radius 2 is 1.91 bits per heavy atom. The van der Waals surface area contributed by atoms with Gasteiger partial charge in [-0.15, -0.1) is 5.10 Å². The van der Waals surface area contributed by atoms with Crippen LogP contribution in [0.2, 0.25) is 0 Å². The third kappa shape index (κ3) is 4.04. The zero-order valence-corrected chi connectivity index (χ0v) is 13.5. The van der Waals surface area contributed by atoms with E-state index in [1.807, 2.05) is 55.5 Å². The van der Waals surface area contributed by atoms with E-state index in [0.717, 1.165) is 22.1 Å². The molecule has 5 nitrogen and oxygen atoms in total. The summed E-state index contributed by atoms with van der Waals surface area (Å²) < 4.78 is 0. The highest BCUT2D eigenvalue weighted by molar-refractivity contribution is 8.15. The van der Waals surface area contributed by atoms with Gasteiger partial charge in [0, 0.05) is 18.3 Å². The van der Waals surface area contributed by atoms with Gasteiger partial charge in [0.15, 0.2) is 0 Å². The zero-order chi connectivity index (χ0) is 16.1. The van der Waals surface area contributed by atoms with Crippen molar-refractivity contribution in [2.24, 2.45) is 10.2 Å². The van der Waals surface area contributed by atoms with Gasteiger partial charge in [-0.2, -0.15) is 5.10 Å². The van der Waals surface area contributed by atoms with E-state index in [4.69, 9.17) is 0 Å². The summed E-state index contributed by atoms with van der Waals surface area (Å²) in [4.78, 5) is 16.5. The molecule has 0 saturated carbocycles. The van der Waals surface area contributed by atoms with Crippen molar-refractivity contribution in [3.8, 4) is 0 Å². The van der Waals surface area contributed by atoms with Crippen LogP contribution in [0.25, 0.3) is 0 Å². The van der Waals surface area contributed by atoms with Crippen LogP contribution < -0.4 is 5.32 Å². The fraction of sp³-hybridized carbons (Fsp3) is 0.176. The highest BCUT2D eigenvalue weighted by atomic mass is 32.2. The first-order valence-electron chi connectivity index (χ1n) is 7.30. The molecule has 1 N–H and O–H groups in total. The molecule has 1 unspecified atom stereocenters. The van der Waals surface area contributed by atoms with Crippen molar-refractivity contribution in [2.75, 3.05) is 5.32 Å². The SMILES string of the molecule is CC(SC1=NN=C(c2ccccn2)C1)C(=O)Nc1ccccc1. The molecule has 0 fully saturated rings. The van der Waals surface area contributed by atoms with Gasteiger partial charge in [-0.1, -0.05) is 36.0 Å². The number of nitrogens with one attached hydrogen (secondary N) is 1. The number of para-hydroxylation sites is 1. The lowest BCUT2D eigenvalue weighted by atomic mass is 10.2. The molecule has 6 heteroatoms. The number of pyridine rings is 1. The predicted octanol–water partition coefficient (Wildman–Crippen LogP) is 3.35. The van der Waals surface area contributed by atoms with Crippen LogP contribution in [-0.4, -0.2) is 26.9 Å². The molecule has 1 amide bonds. The normalized spacial score (nSPS) is 14.8. The van der Waals surface area contributed by atoms with Gasteiger partial charge in [0.05, 0.1) is 16.7 Å². The highest BCUT2D eigenvalue weighted by Gasteiger charge is 2.21. The standard InChI is InChI=1S/C17H16N4OS/c1-12(17(22)19-13-7-3-2-4-8-13)23-16-11-15(20-21-16)14-9-5-6-10-18-14/h2-10,12H,11H2,1H3,(H,19,22). The molecule has 1 atom stereocenters. The molecule has 3 rings (SSSR count). The molecule has 0 radical (unpaired) electrons. The first-order chi connectivity index (χ1) is 11.2. The lowest BCUT2D eigenvalue weighted by Crippen LogP contribution is -2.23. The van der Waals surface area contributed by atoms with Crippen LogP contribution in [0.4, 0.5) is 5.69 Å².